The van der Waals surface area contributed by atoms with E-state index in [1.807, 2.05) is 22.7 Å². The Bertz CT molecular complexity index is 3290. The van der Waals surface area contributed by atoms with Gasteiger partial charge in [0.05, 0.1) is 0 Å². The third-order valence-electron chi connectivity index (χ3n) is 11.4. The van der Waals surface area contributed by atoms with Gasteiger partial charge in [-0.05, 0) is 94.2 Å². The maximum Gasteiger partial charge on any atom is 0.0468 e. The third kappa shape index (κ3) is 5.00. The zero-order valence-electron chi connectivity index (χ0n) is 30.2. The van der Waals surface area contributed by atoms with E-state index >= 15 is 0 Å². The fourth-order valence-corrected chi connectivity index (χ4v) is 11.0. The Labute approximate surface area is 331 Å². The summed E-state index contributed by atoms with van der Waals surface area (Å²) in [5.74, 6) is 0. The first-order valence-electron chi connectivity index (χ1n) is 19.0. The molecule has 0 atom stereocenters. The van der Waals surface area contributed by atoms with Gasteiger partial charge in [0, 0.05) is 91.7 Å². The van der Waals surface area contributed by atoms with Crippen LogP contribution in [-0.4, -0.2) is 4.40 Å². The van der Waals surface area contributed by atoms with Crippen LogP contribution < -0.4 is 4.90 Å². The van der Waals surface area contributed by atoms with Gasteiger partial charge >= 0.3 is 0 Å². The quantitative estimate of drug-likeness (QED) is 0.170. The van der Waals surface area contributed by atoms with Gasteiger partial charge in [-0.2, -0.15) is 0 Å². The number of benzene rings is 8. The van der Waals surface area contributed by atoms with E-state index in [0.29, 0.717) is 0 Å². The summed E-state index contributed by atoms with van der Waals surface area (Å²) in [6.07, 6.45) is 4.30. The van der Waals surface area contributed by atoms with Gasteiger partial charge in [-0.15, -0.1) is 22.7 Å². The van der Waals surface area contributed by atoms with Gasteiger partial charge < -0.3 is 9.30 Å². The fraction of sp³-hybridized carbons (Fsp3) is 0. The average molecular weight is 749 g/mol. The van der Waals surface area contributed by atoms with Crippen molar-refractivity contribution in [1.29, 1.82) is 0 Å². The molecule has 0 radical (unpaired) electrons. The minimum absolute atomic E-state index is 1.12. The van der Waals surface area contributed by atoms with E-state index in [0.717, 1.165) is 17.1 Å². The van der Waals surface area contributed by atoms with Gasteiger partial charge in [-0.25, -0.2) is 0 Å². The Morgan fingerprint density at radius 2 is 0.839 bits per heavy atom. The van der Waals surface area contributed by atoms with Crippen LogP contribution in [-0.2, 0) is 0 Å². The first-order valence-corrected chi connectivity index (χ1v) is 20.6. The Morgan fingerprint density at radius 1 is 0.357 bits per heavy atom. The van der Waals surface area contributed by atoms with Crippen LogP contribution in [0.1, 0.15) is 0 Å². The Morgan fingerprint density at radius 3 is 1.41 bits per heavy atom. The normalized spacial score (nSPS) is 11.9. The molecule has 0 aliphatic carbocycles. The topological polar surface area (TPSA) is 7.65 Å². The van der Waals surface area contributed by atoms with E-state index in [2.05, 4.69) is 204 Å². The van der Waals surface area contributed by atoms with Crippen molar-refractivity contribution in [3.05, 3.63) is 194 Å². The number of aromatic nitrogens is 1. The molecule has 0 fully saturated rings. The lowest BCUT2D eigenvalue weighted by molar-refractivity contribution is 1.20. The molecule has 4 heterocycles. The minimum Gasteiger partial charge on any atom is -0.323 e. The zero-order chi connectivity index (χ0) is 36.7. The molecule has 0 bridgehead atoms. The van der Waals surface area contributed by atoms with Crippen LogP contribution >= 0.6 is 22.7 Å². The molecule has 56 heavy (non-hydrogen) atoms. The lowest BCUT2D eigenvalue weighted by atomic mass is 10.0. The van der Waals surface area contributed by atoms with Crippen molar-refractivity contribution in [2.24, 2.45) is 0 Å². The predicted molar refractivity (Wildman–Crippen MR) is 244 cm³/mol. The molecule has 0 aliphatic rings. The number of hydrogen-bond donors (Lipinski definition) is 0. The summed E-state index contributed by atoms with van der Waals surface area (Å²) in [5.41, 5.74) is 9.44. The van der Waals surface area contributed by atoms with Crippen LogP contribution in [0.3, 0.4) is 0 Å². The number of anilines is 3. The molecule has 0 N–H and O–H groups in total. The molecule has 262 valence electrons. The SMILES string of the molecule is c1ccc2c(c1)sc1c3cc(N(c4ccc(-c5ccc(-c6cc7ccccn7c6)cc5)cc4)c4ccc5ccc6c7ccccc7sc6c5c4)ccc3ccc21. The van der Waals surface area contributed by atoms with E-state index < -0.39 is 0 Å². The molecule has 8 aromatic carbocycles. The lowest BCUT2D eigenvalue weighted by Crippen LogP contribution is -2.10. The predicted octanol–water partition coefficient (Wildman–Crippen LogP) is 15.8. The number of fused-ring (bicyclic) bond motifs is 11. The van der Waals surface area contributed by atoms with Crippen molar-refractivity contribution in [2.75, 3.05) is 4.90 Å². The molecule has 0 amide bonds. The van der Waals surface area contributed by atoms with Crippen molar-refractivity contribution in [1.82, 2.24) is 4.40 Å². The summed E-state index contributed by atoms with van der Waals surface area (Å²) in [4.78, 5) is 2.43. The van der Waals surface area contributed by atoms with Crippen LogP contribution in [0.15, 0.2) is 194 Å². The van der Waals surface area contributed by atoms with Crippen molar-refractivity contribution < 1.29 is 0 Å². The van der Waals surface area contributed by atoms with Gasteiger partial charge in [-0.3, -0.25) is 0 Å². The molecule has 2 nitrogen and oxygen atoms in total. The lowest BCUT2D eigenvalue weighted by Gasteiger charge is -2.26. The van der Waals surface area contributed by atoms with Gasteiger partial charge in [-0.1, -0.05) is 115 Å². The number of hydrogen-bond acceptors (Lipinski definition) is 3. The van der Waals surface area contributed by atoms with Gasteiger partial charge in [0.25, 0.3) is 0 Å². The summed E-state index contributed by atoms with van der Waals surface area (Å²) in [6.45, 7) is 0. The minimum atomic E-state index is 1.12. The Hall–Kier alpha value is -6.72. The van der Waals surface area contributed by atoms with Crippen LogP contribution in [0, 0.1) is 0 Å². The van der Waals surface area contributed by atoms with Crippen LogP contribution in [0.5, 0.6) is 0 Å². The summed E-state index contributed by atoms with van der Waals surface area (Å²) >= 11 is 3.78. The molecule has 0 unspecified atom stereocenters. The van der Waals surface area contributed by atoms with E-state index in [9.17, 15) is 0 Å². The first kappa shape index (κ1) is 31.6. The molecule has 12 rings (SSSR count). The van der Waals surface area contributed by atoms with Gasteiger partial charge in [0.2, 0.25) is 0 Å². The largest absolute Gasteiger partial charge is 0.323 e. The first-order chi connectivity index (χ1) is 27.7. The third-order valence-corrected chi connectivity index (χ3v) is 13.8. The number of nitrogens with zero attached hydrogens (tertiary/aromatic N) is 2. The van der Waals surface area contributed by atoms with Crippen molar-refractivity contribution >= 4 is 107 Å². The molecule has 0 saturated heterocycles. The second-order valence-corrected chi connectivity index (χ2v) is 16.7. The maximum atomic E-state index is 2.43. The molecule has 0 saturated carbocycles. The van der Waals surface area contributed by atoms with Crippen LogP contribution in [0.2, 0.25) is 0 Å². The number of thiophene rings is 2. The highest BCUT2D eigenvalue weighted by molar-refractivity contribution is 7.27. The summed E-state index contributed by atoms with van der Waals surface area (Å²) in [6, 6.07) is 67.2. The summed E-state index contributed by atoms with van der Waals surface area (Å²) < 4.78 is 7.50. The summed E-state index contributed by atoms with van der Waals surface area (Å²) in [5, 5.41) is 10.4. The number of rotatable bonds is 5. The molecule has 0 spiro atoms. The molecular formula is C52H32N2S2. The molecular weight excluding hydrogens is 717 g/mol. The van der Waals surface area contributed by atoms with Crippen LogP contribution in [0.4, 0.5) is 17.1 Å². The Balaban J connectivity index is 0.999. The highest BCUT2D eigenvalue weighted by Gasteiger charge is 2.18. The monoisotopic (exact) mass is 748 g/mol. The summed E-state index contributed by atoms with van der Waals surface area (Å²) in [7, 11) is 0. The Kier molecular flexibility index (Phi) is 7.00. The fourth-order valence-electron chi connectivity index (χ4n) is 8.58. The molecule has 4 aromatic heterocycles. The van der Waals surface area contributed by atoms with Gasteiger partial charge in [0.1, 0.15) is 0 Å². The number of pyridine rings is 1. The molecule has 4 heteroatoms. The van der Waals surface area contributed by atoms with Crippen molar-refractivity contribution in [2.45, 2.75) is 0 Å². The zero-order valence-corrected chi connectivity index (χ0v) is 31.8. The standard InChI is InChI=1S/C52H32N2S2/c1-3-10-49-43(8-1)45-26-20-36-18-24-41(30-47(36)51(45)55-49)54(42-25-19-37-21-27-46-44-9-2-4-11-50(44)56-52(46)48(37)31-42)39-22-16-34(17-23-39)33-12-14-35(15-13-33)38-29-40-7-5-6-28-53(40)32-38/h1-32H. The average Bonchev–Trinajstić information content (AvgIpc) is 3.98. The smallest absolute Gasteiger partial charge is 0.0468 e. The molecule has 0 aliphatic heterocycles. The highest BCUT2D eigenvalue weighted by Crippen LogP contribution is 2.45. The van der Waals surface area contributed by atoms with E-state index in [1.165, 1.54) is 89.7 Å². The second kappa shape index (κ2) is 12.4. The highest BCUT2D eigenvalue weighted by atomic mass is 32.1. The maximum absolute atomic E-state index is 2.43. The second-order valence-electron chi connectivity index (χ2n) is 14.6. The van der Waals surface area contributed by atoms with E-state index in [1.54, 1.807) is 0 Å². The van der Waals surface area contributed by atoms with Crippen molar-refractivity contribution in [3.63, 3.8) is 0 Å². The van der Waals surface area contributed by atoms with Gasteiger partial charge in [0.15, 0.2) is 0 Å². The van der Waals surface area contributed by atoms with E-state index in [4.69, 9.17) is 0 Å². The van der Waals surface area contributed by atoms with Crippen molar-refractivity contribution in [3.8, 4) is 22.3 Å². The van der Waals surface area contributed by atoms with Crippen LogP contribution in [0.25, 0.3) is 89.7 Å². The molecule has 12 aromatic rings. The van der Waals surface area contributed by atoms with E-state index in [-0.39, 0.29) is 0 Å².